The van der Waals surface area contributed by atoms with E-state index in [2.05, 4.69) is 24.3 Å². The van der Waals surface area contributed by atoms with E-state index in [9.17, 15) is 16.8 Å². The van der Waals surface area contributed by atoms with Crippen molar-refractivity contribution in [2.75, 3.05) is 36.8 Å². The van der Waals surface area contributed by atoms with Crippen molar-refractivity contribution in [1.29, 1.82) is 0 Å². The number of hydrogen-bond donors (Lipinski definition) is 1. The summed E-state index contributed by atoms with van der Waals surface area (Å²) < 4.78 is 69.5. The fourth-order valence-corrected chi connectivity index (χ4v) is 6.37. The van der Waals surface area contributed by atoms with Gasteiger partial charge in [-0.3, -0.25) is 4.72 Å². The molecular weight excluding hydrogens is 513 g/mol. The van der Waals surface area contributed by atoms with Crippen LogP contribution in [0.1, 0.15) is 26.7 Å². The first-order chi connectivity index (χ1) is 17.4. The van der Waals surface area contributed by atoms with E-state index in [4.69, 9.17) is 0 Å². The SMILES string of the molecule is C=C/C=C(\C=C/C)C1(C)CCN(c2c(F)cccc2NS(=O)(=O)c2ccc(S(=O)(=O)N(C)C)cc2)CC1. The molecule has 0 bridgehead atoms. The Hall–Kier alpha value is -2.95. The average molecular weight is 548 g/mol. The van der Waals surface area contributed by atoms with Crippen LogP contribution in [0.5, 0.6) is 0 Å². The topological polar surface area (TPSA) is 86.8 Å². The highest BCUT2D eigenvalue weighted by molar-refractivity contribution is 7.92. The highest BCUT2D eigenvalue weighted by atomic mass is 32.2. The van der Waals surface area contributed by atoms with Crippen molar-refractivity contribution in [3.05, 3.63) is 84.7 Å². The van der Waals surface area contributed by atoms with Gasteiger partial charge in [0.15, 0.2) is 0 Å². The summed E-state index contributed by atoms with van der Waals surface area (Å²) in [7, 11) is -5.01. The van der Waals surface area contributed by atoms with Gasteiger partial charge in [-0.1, -0.05) is 43.9 Å². The average Bonchev–Trinajstić information content (AvgIpc) is 2.85. The second-order valence-corrected chi connectivity index (χ2v) is 13.2. The number of benzene rings is 2. The van der Waals surface area contributed by atoms with Gasteiger partial charge in [-0.2, -0.15) is 0 Å². The van der Waals surface area contributed by atoms with Crippen molar-refractivity contribution in [2.45, 2.75) is 36.5 Å². The molecule has 1 N–H and O–H groups in total. The molecule has 2 aromatic rings. The highest BCUT2D eigenvalue weighted by Gasteiger charge is 2.34. The van der Waals surface area contributed by atoms with Gasteiger partial charge in [0.2, 0.25) is 10.0 Å². The van der Waals surface area contributed by atoms with Crippen LogP contribution in [0.2, 0.25) is 0 Å². The summed E-state index contributed by atoms with van der Waals surface area (Å²) in [4.78, 5) is 1.71. The molecule has 0 atom stereocenters. The summed E-state index contributed by atoms with van der Waals surface area (Å²) in [6.07, 6.45) is 9.31. The lowest BCUT2D eigenvalue weighted by atomic mass is 9.73. The molecule has 0 spiro atoms. The number of anilines is 2. The van der Waals surface area contributed by atoms with E-state index in [1.54, 1.807) is 6.08 Å². The van der Waals surface area contributed by atoms with E-state index in [0.29, 0.717) is 13.1 Å². The number of nitrogens with one attached hydrogen (secondary N) is 1. The smallest absolute Gasteiger partial charge is 0.261 e. The number of rotatable bonds is 9. The zero-order valence-electron chi connectivity index (χ0n) is 21.6. The van der Waals surface area contributed by atoms with Gasteiger partial charge in [0.1, 0.15) is 5.82 Å². The Balaban J connectivity index is 1.87. The van der Waals surface area contributed by atoms with Gasteiger partial charge >= 0.3 is 0 Å². The maximum atomic E-state index is 15.1. The normalized spacial score (nSPS) is 16.8. The van der Waals surface area contributed by atoms with E-state index in [1.165, 1.54) is 56.6 Å². The third-order valence-corrected chi connectivity index (χ3v) is 9.88. The Morgan fingerprint density at radius 3 is 2.19 bits per heavy atom. The number of para-hydroxylation sites is 1. The maximum absolute atomic E-state index is 15.1. The molecule has 0 aliphatic carbocycles. The minimum atomic E-state index is -4.11. The van der Waals surface area contributed by atoms with Crippen molar-refractivity contribution in [1.82, 2.24) is 4.31 Å². The van der Waals surface area contributed by atoms with Crippen LogP contribution >= 0.6 is 0 Å². The Labute approximate surface area is 220 Å². The van der Waals surface area contributed by atoms with Gasteiger partial charge in [-0.05, 0) is 67.2 Å². The number of halogens is 1. The Morgan fingerprint density at radius 2 is 1.65 bits per heavy atom. The largest absolute Gasteiger partial charge is 0.367 e. The summed E-state index contributed by atoms with van der Waals surface area (Å²) in [5.74, 6) is -0.522. The number of hydrogen-bond acceptors (Lipinski definition) is 5. The lowest BCUT2D eigenvalue weighted by molar-refractivity contribution is 0.310. The van der Waals surface area contributed by atoms with Crippen molar-refractivity contribution in [2.24, 2.45) is 5.41 Å². The summed E-state index contributed by atoms with van der Waals surface area (Å²) in [5.41, 5.74) is 1.36. The van der Waals surface area contributed by atoms with Crippen LogP contribution in [0.25, 0.3) is 0 Å². The van der Waals surface area contributed by atoms with E-state index in [0.717, 1.165) is 22.7 Å². The Morgan fingerprint density at radius 1 is 1.05 bits per heavy atom. The van der Waals surface area contributed by atoms with Crippen LogP contribution in [-0.2, 0) is 20.0 Å². The van der Waals surface area contributed by atoms with E-state index in [-0.39, 0.29) is 26.6 Å². The molecule has 37 heavy (non-hydrogen) atoms. The van der Waals surface area contributed by atoms with Gasteiger partial charge in [0.25, 0.3) is 10.0 Å². The number of nitrogens with zero attached hydrogens (tertiary/aromatic N) is 2. The highest BCUT2D eigenvalue weighted by Crippen LogP contribution is 2.42. The summed E-state index contributed by atoms with van der Waals surface area (Å²) in [6, 6.07) is 9.20. The first-order valence-electron chi connectivity index (χ1n) is 11.9. The monoisotopic (exact) mass is 547 g/mol. The molecule has 200 valence electrons. The Bertz CT molecular complexity index is 1410. The van der Waals surface area contributed by atoms with Crippen LogP contribution in [-0.4, -0.2) is 48.3 Å². The molecule has 0 saturated carbocycles. The van der Waals surface area contributed by atoms with Gasteiger partial charge in [-0.25, -0.2) is 25.5 Å². The van der Waals surface area contributed by atoms with E-state index < -0.39 is 25.9 Å². The molecule has 0 radical (unpaired) electrons. The zero-order valence-corrected chi connectivity index (χ0v) is 23.2. The first-order valence-corrected chi connectivity index (χ1v) is 14.8. The minimum Gasteiger partial charge on any atom is -0.367 e. The van der Waals surface area contributed by atoms with E-state index in [1.807, 2.05) is 24.0 Å². The molecule has 0 aromatic heterocycles. The summed E-state index contributed by atoms with van der Waals surface area (Å²) >= 11 is 0. The summed E-state index contributed by atoms with van der Waals surface area (Å²) in [5, 5.41) is 0. The molecular formula is C27H34FN3O4S2. The molecule has 3 rings (SSSR count). The second-order valence-electron chi connectivity index (χ2n) is 9.41. The lowest BCUT2D eigenvalue weighted by Gasteiger charge is -2.42. The number of sulfonamides is 2. The van der Waals surface area contributed by atoms with Crippen molar-refractivity contribution >= 4 is 31.4 Å². The van der Waals surface area contributed by atoms with Crippen LogP contribution < -0.4 is 9.62 Å². The van der Waals surface area contributed by atoms with Crippen molar-refractivity contribution < 1.29 is 21.2 Å². The maximum Gasteiger partial charge on any atom is 0.261 e. The lowest BCUT2D eigenvalue weighted by Crippen LogP contribution is -2.40. The number of allylic oxidation sites excluding steroid dienone is 5. The Kier molecular flexibility index (Phi) is 8.66. The van der Waals surface area contributed by atoms with Crippen LogP contribution in [0.3, 0.4) is 0 Å². The van der Waals surface area contributed by atoms with E-state index >= 15 is 4.39 Å². The number of piperidine rings is 1. The molecule has 1 fully saturated rings. The fourth-order valence-electron chi connectivity index (χ4n) is 4.40. The molecule has 1 aliphatic rings. The molecule has 1 heterocycles. The van der Waals surface area contributed by atoms with Crippen LogP contribution in [0, 0.1) is 11.2 Å². The van der Waals surface area contributed by atoms with Crippen LogP contribution in [0.4, 0.5) is 15.8 Å². The third-order valence-electron chi connectivity index (χ3n) is 6.67. The van der Waals surface area contributed by atoms with Gasteiger partial charge in [-0.15, -0.1) is 0 Å². The molecule has 0 unspecified atom stereocenters. The fraction of sp³-hybridized carbons (Fsp3) is 0.333. The van der Waals surface area contributed by atoms with Crippen LogP contribution in [0.15, 0.2) is 88.7 Å². The zero-order chi connectivity index (χ0) is 27.4. The third kappa shape index (κ3) is 6.14. The molecule has 7 nitrogen and oxygen atoms in total. The molecule has 2 aromatic carbocycles. The van der Waals surface area contributed by atoms with Gasteiger partial charge < -0.3 is 4.90 Å². The van der Waals surface area contributed by atoms with Gasteiger partial charge in [0, 0.05) is 27.2 Å². The van der Waals surface area contributed by atoms with Gasteiger partial charge in [0.05, 0.1) is 21.2 Å². The second kappa shape index (κ2) is 11.2. The first kappa shape index (κ1) is 28.6. The van der Waals surface area contributed by atoms with Crippen molar-refractivity contribution in [3.8, 4) is 0 Å². The molecule has 1 aliphatic heterocycles. The molecule has 1 saturated heterocycles. The molecule has 10 heteroatoms. The predicted molar refractivity (Wildman–Crippen MR) is 147 cm³/mol. The van der Waals surface area contributed by atoms with Crippen molar-refractivity contribution in [3.63, 3.8) is 0 Å². The predicted octanol–water partition coefficient (Wildman–Crippen LogP) is 5.17. The minimum absolute atomic E-state index is 0.0259. The summed E-state index contributed by atoms with van der Waals surface area (Å²) in [6.45, 7) is 9.02. The molecule has 0 amide bonds. The standard InChI is InChI=1S/C27H34FN3O4S2/c1-6-9-21(10-7-2)27(3)17-19-31(20-18-27)26-24(28)11-8-12-25(26)29-36(32,33)22-13-15-23(16-14-22)37(34,35)30(4)5/h6-16,29H,1,17-20H2,2-5H3/b10-7-,21-9+. The quantitative estimate of drug-likeness (QED) is 0.438.